The molecule has 0 aromatic carbocycles. The summed E-state index contributed by atoms with van der Waals surface area (Å²) in [5, 5.41) is 3.64. The van der Waals surface area contributed by atoms with E-state index in [-0.39, 0.29) is 24.0 Å². The molecule has 2 aliphatic heterocycles. The first-order valence-corrected chi connectivity index (χ1v) is 9.47. The van der Waals surface area contributed by atoms with E-state index in [1.807, 2.05) is 7.05 Å². The normalized spacial score (nSPS) is 21.9. The van der Waals surface area contributed by atoms with Crippen molar-refractivity contribution in [1.82, 2.24) is 15.1 Å². The lowest BCUT2D eigenvalue weighted by Crippen LogP contribution is -2.51. The Morgan fingerprint density at radius 1 is 1.17 bits per heavy atom. The number of nitrogens with zero attached hydrogens (tertiary/aromatic N) is 3. The first kappa shape index (κ1) is 22.0. The average Bonchev–Trinajstić information content (AvgIpc) is 3.06. The van der Waals surface area contributed by atoms with Crippen LogP contribution in [0.2, 0.25) is 0 Å². The topological polar surface area (TPSA) is 40.1 Å². The van der Waals surface area contributed by atoms with Gasteiger partial charge in [-0.3, -0.25) is 9.89 Å². The van der Waals surface area contributed by atoms with Crippen LogP contribution < -0.4 is 5.32 Å². The van der Waals surface area contributed by atoms with Crippen molar-refractivity contribution in [3.8, 4) is 0 Å². The number of likely N-dealkylation sites (tertiary alicyclic amines) is 2. The third-order valence-electron chi connectivity index (χ3n) is 5.20. The van der Waals surface area contributed by atoms with Gasteiger partial charge in [-0.1, -0.05) is 13.8 Å². The monoisotopic (exact) mass is 452 g/mol. The van der Waals surface area contributed by atoms with Gasteiger partial charge in [0, 0.05) is 39.3 Å². The van der Waals surface area contributed by atoms with Crippen LogP contribution >= 0.6 is 24.0 Å². The van der Waals surface area contributed by atoms with Gasteiger partial charge in [-0.05, 0) is 51.6 Å². The highest BCUT2D eigenvalue weighted by atomic mass is 127. The fraction of sp³-hybridized carbons (Fsp3) is 0.944. The molecule has 2 fully saturated rings. The molecule has 2 saturated heterocycles. The second-order valence-electron chi connectivity index (χ2n) is 7.12. The maximum absolute atomic E-state index is 5.75. The molecule has 2 heterocycles. The van der Waals surface area contributed by atoms with Crippen molar-refractivity contribution in [3.63, 3.8) is 0 Å². The molecule has 0 aromatic heterocycles. The molecule has 1 N–H and O–H groups in total. The standard InChI is InChI=1S/C18H36N4O.HI/c1-5-23-16-8-12-22(13-9-16)18(19-4)20-14-17(15(2)3)21-10-6-7-11-21;/h15-17H,5-14H2,1-4H3,(H,19,20);1H. The Labute approximate surface area is 165 Å². The summed E-state index contributed by atoms with van der Waals surface area (Å²) in [7, 11) is 1.90. The third kappa shape index (κ3) is 6.33. The first-order valence-electron chi connectivity index (χ1n) is 9.47. The second-order valence-corrected chi connectivity index (χ2v) is 7.12. The molecule has 0 bridgehead atoms. The van der Waals surface area contributed by atoms with Crippen LogP contribution in [0.25, 0.3) is 0 Å². The number of rotatable bonds is 6. The van der Waals surface area contributed by atoms with E-state index in [1.54, 1.807) is 0 Å². The number of guanidine groups is 1. The van der Waals surface area contributed by atoms with Crippen LogP contribution in [0.1, 0.15) is 46.5 Å². The van der Waals surface area contributed by atoms with Crippen molar-refractivity contribution in [3.05, 3.63) is 0 Å². The highest BCUT2D eigenvalue weighted by Crippen LogP contribution is 2.18. The predicted octanol–water partition coefficient (Wildman–Crippen LogP) is 2.80. The van der Waals surface area contributed by atoms with Crippen LogP contribution in [0, 0.1) is 5.92 Å². The Kier molecular flexibility index (Phi) is 10.5. The van der Waals surface area contributed by atoms with Crippen LogP contribution in [0.15, 0.2) is 4.99 Å². The first-order chi connectivity index (χ1) is 11.2. The summed E-state index contributed by atoms with van der Waals surface area (Å²) < 4.78 is 5.75. The molecule has 0 saturated carbocycles. The van der Waals surface area contributed by atoms with Crippen LogP contribution in [0.5, 0.6) is 0 Å². The molecular formula is C18H37IN4O. The van der Waals surface area contributed by atoms with Gasteiger partial charge in [0.15, 0.2) is 5.96 Å². The van der Waals surface area contributed by atoms with Gasteiger partial charge in [0.25, 0.3) is 0 Å². The molecule has 0 amide bonds. The van der Waals surface area contributed by atoms with Gasteiger partial charge in [0.1, 0.15) is 0 Å². The van der Waals surface area contributed by atoms with Crippen molar-refractivity contribution in [2.75, 3.05) is 46.4 Å². The van der Waals surface area contributed by atoms with Gasteiger partial charge in [0.05, 0.1) is 6.10 Å². The van der Waals surface area contributed by atoms with Crippen LogP contribution in [0.4, 0.5) is 0 Å². The molecule has 0 aliphatic carbocycles. The van der Waals surface area contributed by atoms with Crippen molar-refractivity contribution in [1.29, 1.82) is 0 Å². The largest absolute Gasteiger partial charge is 0.378 e. The van der Waals surface area contributed by atoms with E-state index in [4.69, 9.17) is 4.74 Å². The van der Waals surface area contributed by atoms with Crippen molar-refractivity contribution in [2.24, 2.45) is 10.9 Å². The molecule has 142 valence electrons. The average molecular weight is 452 g/mol. The zero-order chi connectivity index (χ0) is 16.7. The molecule has 5 nitrogen and oxygen atoms in total. The summed E-state index contributed by atoms with van der Waals surface area (Å²) in [5.74, 6) is 1.73. The van der Waals surface area contributed by atoms with E-state index < -0.39 is 0 Å². The van der Waals surface area contributed by atoms with E-state index in [0.29, 0.717) is 18.1 Å². The van der Waals surface area contributed by atoms with Crippen molar-refractivity contribution >= 4 is 29.9 Å². The van der Waals surface area contributed by atoms with Crippen molar-refractivity contribution in [2.45, 2.75) is 58.6 Å². The molecular weight excluding hydrogens is 415 g/mol. The minimum atomic E-state index is 0. The lowest BCUT2D eigenvalue weighted by Gasteiger charge is -2.36. The van der Waals surface area contributed by atoms with Gasteiger partial charge in [0.2, 0.25) is 0 Å². The Morgan fingerprint density at radius 2 is 1.79 bits per heavy atom. The number of halogens is 1. The fourth-order valence-electron chi connectivity index (χ4n) is 3.86. The van der Waals surface area contributed by atoms with E-state index in [9.17, 15) is 0 Å². The van der Waals surface area contributed by atoms with Gasteiger partial charge >= 0.3 is 0 Å². The molecule has 0 radical (unpaired) electrons. The summed E-state index contributed by atoms with van der Waals surface area (Å²) in [6.45, 7) is 13.2. The molecule has 1 atom stereocenters. The maximum atomic E-state index is 5.75. The highest BCUT2D eigenvalue weighted by molar-refractivity contribution is 14.0. The molecule has 24 heavy (non-hydrogen) atoms. The number of hydrogen-bond acceptors (Lipinski definition) is 3. The van der Waals surface area contributed by atoms with E-state index in [1.165, 1.54) is 25.9 Å². The number of ether oxygens (including phenoxy) is 1. The second kappa shape index (κ2) is 11.5. The number of aliphatic imine (C=N–C) groups is 1. The number of hydrogen-bond donors (Lipinski definition) is 1. The van der Waals surface area contributed by atoms with E-state index in [2.05, 4.69) is 40.9 Å². The molecule has 1 unspecified atom stereocenters. The minimum absolute atomic E-state index is 0. The van der Waals surface area contributed by atoms with Gasteiger partial charge in [-0.25, -0.2) is 0 Å². The molecule has 6 heteroatoms. The summed E-state index contributed by atoms with van der Waals surface area (Å²) in [6, 6.07) is 0.607. The Bertz CT molecular complexity index is 364. The quantitative estimate of drug-likeness (QED) is 0.382. The van der Waals surface area contributed by atoms with Gasteiger partial charge in [-0.15, -0.1) is 24.0 Å². The van der Waals surface area contributed by atoms with Crippen LogP contribution in [0.3, 0.4) is 0 Å². The minimum Gasteiger partial charge on any atom is -0.378 e. The Balaban J connectivity index is 0.00000288. The van der Waals surface area contributed by atoms with Crippen LogP contribution in [-0.2, 0) is 4.74 Å². The maximum Gasteiger partial charge on any atom is 0.193 e. The summed E-state index contributed by atoms with van der Waals surface area (Å²) in [6.07, 6.45) is 5.34. The van der Waals surface area contributed by atoms with Crippen molar-refractivity contribution < 1.29 is 4.74 Å². The molecule has 0 aromatic rings. The molecule has 0 spiro atoms. The lowest BCUT2D eigenvalue weighted by atomic mass is 10.0. The van der Waals surface area contributed by atoms with E-state index in [0.717, 1.165) is 45.0 Å². The third-order valence-corrected chi connectivity index (χ3v) is 5.20. The lowest BCUT2D eigenvalue weighted by molar-refractivity contribution is 0.0263. The zero-order valence-electron chi connectivity index (χ0n) is 16.0. The summed E-state index contributed by atoms with van der Waals surface area (Å²) in [4.78, 5) is 9.54. The molecule has 2 rings (SSSR count). The highest BCUT2D eigenvalue weighted by Gasteiger charge is 2.26. The van der Waals surface area contributed by atoms with Gasteiger partial charge in [-0.2, -0.15) is 0 Å². The zero-order valence-corrected chi connectivity index (χ0v) is 18.3. The summed E-state index contributed by atoms with van der Waals surface area (Å²) >= 11 is 0. The fourth-order valence-corrected chi connectivity index (χ4v) is 3.86. The smallest absolute Gasteiger partial charge is 0.193 e. The van der Waals surface area contributed by atoms with Crippen LogP contribution in [-0.4, -0.2) is 74.3 Å². The van der Waals surface area contributed by atoms with Gasteiger partial charge < -0.3 is 15.0 Å². The Morgan fingerprint density at radius 3 is 2.29 bits per heavy atom. The Hall–Kier alpha value is -0.0800. The van der Waals surface area contributed by atoms with E-state index >= 15 is 0 Å². The SMILES string of the molecule is CCOC1CCN(C(=NC)NCC(C(C)C)N2CCCC2)CC1.I. The predicted molar refractivity (Wildman–Crippen MR) is 112 cm³/mol. The molecule has 2 aliphatic rings. The number of nitrogens with one attached hydrogen (secondary N) is 1. The summed E-state index contributed by atoms with van der Waals surface area (Å²) in [5.41, 5.74) is 0. The number of piperidine rings is 1.